The highest BCUT2D eigenvalue weighted by Crippen LogP contribution is 2.20. The molecule has 0 atom stereocenters. The fourth-order valence-electron chi connectivity index (χ4n) is 3.59. The molecule has 3 heterocycles. The van der Waals surface area contributed by atoms with Crippen LogP contribution in [0.2, 0.25) is 0 Å². The fourth-order valence-corrected chi connectivity index (χ4v) is 3.85. The summed E-state index contributed by atoms with van der Waals surface area (Å²) < 4.78 is 6.59. The third-order valence-corrected chi connectivity index (χ3v) is 5.67. The standard InChI is InChI=1S/C20H26BrN5O/c1-16-14-19(25-10-12-27-13-11-25)23-20(22-16)26-8-6-24(7-9-26)15-17-2-4-18(21)5-3-17/h2-5,14H,6-13,15H2,1H3. The lowest BCUT2D eigenvalue weighted by atomic mass is 10.2. The highest BCUT2D eigenvalue weighted by Gasteiger charge is 2.21. The van der Waals surface area contributed by atoms with Crippen LogP contribution in [0.15, 0.2) is 34.8 Å². The molecule has 0 saturated carbocycles. The second-order valence-corrected chi connectivity index (χ2v) is 8.07. The molecule has 1 aromatic heterocycles. The van der Waals surface area contributed by atoms with E-state index in [4.69, 9.17) is 14.7 Å². The normalized spacial score (nSPS) is 18.7. The minimum atomic E-state index is 0.771. The van der Waals surface area contributed by atoms with Crippen LogP contribution < -0.4 is 9.80 Å². The van der Waals surface area contributed by atoms with Crippen LogP contribution in [0.4, 0.5) is 11.8 Å². The van der Waals surface area contributed by atoms with Gasteiger partial charge in [0.1, 0.15) is 5.82 Å². The van der Waals surface area contributed by atoms with Crippen LogP contribution in [0.3, 0.4) is 0 Å². The number of aryl methyl sites for hydroxylation is 1. The van der Waals surface area contributed by atoms with Crippen molar-refractivity contribution in [1.82, 2.24) is 14.9 Å². The van der Waals surface area contributed by atoms with Gasteiger partial charge in [-0.15, -0.1) is 0 Å². The summed E-state index contributed by atoms with van der Waals surface area (Å²) in [6.45, 7) is 10.4. The number of nitrogens with zero attached hydrogens (tertiary/aromatic N) is 5. The van der Waals surface area contributed by atoms with E-state index in [0.717, 1.165) is 81.0 Å². The van der Waals surface area contributed by atoms with E-state index >= 15 is 0 Å². The number of aromatic nitrogens is 2. The van der Waals surface area contributed by atoms with Crippen molar-refractivity contribution in [2.75, 3.05) is 62.3 Å². The van der Waals surface area contributed by atoms with Gasteiger partial charge in [0.15, 0.2) is 0 Å². The Kier molecular flexibility index (Phi) is 5.90. The molecule has 0 amide bonds. The molecule has 0 aliphatic carbocycles. The number of morpholine rings is 1. The molecule has 2 fully saturated rings. The van der Waals surface area contributed by atoms with Gasteiger partial charge in [0.2, 0.25) is 5.95 Å². The van der Waals surface area contributed by atoms with E-state index in [1.54, 1.807) is 0 Å². The molecule has 144 valence electrons. The molecule has 2 aromatic rings. The summed E-state index contributed by atoms with van der Waals surface area (Å²) in [5.74, 6) is 1.89. The first-order valence-corrected chi connectivity index (χ1v) is 10.4. The molecule has 0 bridgehead atoms. The molecule has 1 aromatic carbocycles. The maximum atomic E-state index is 5.46. The van der Waals surface area contributed by atoms with Gasteiger partial charge in [0.25, 0.3) is 0 Å². The van der Waals surface area contributed by atoms with Crippen LogP contribution in [0.5, 0.6) is 0 Å². The van der Waals surface area contributed by atoms with Crippen LogP contribution in [0.25, 0.3) is 0 Å². The molecule has 0 spiro atoms. The number of halogens is 1. The summed E-state index contributed by atoms with van der Waals surface area (Å²) in [6, 6.07) is 10.7. The lowest BCUT2D eigenvalue weighted by Gasteiger charge is -2.35. The van der Waals surface area contributed by atoms with Crippen molar-refractivity contribution >= 4 is 27.7 Å². The number of ether oxygens (including phenoxy) is 1. The Morgan fingerprint density at radius 1 is 0.926 bits per heavy atom. The Morgan fingerprint density at radius 3 is 2.33 bits per heavy atom. The smallest absolute Gasteiger partial charge is 0.227 e. The van der Waals surface area contributed by atoms with Gasteiger partial charge in [0, 0.05) is 62.0 Å². The predicted molar refractivity (Wildman–Crippen MR) is 111 cm³/mol. The number of rotatable bonds is 4. The first kappa shape index (κ1) is 18.7. The third kappa shape index (κ3) is 4.78. The summed E-state index contributed by atoms with van der Waals surface area (Å²) in [4.78, 5) is 16.7. The first-order valence-electron chi connectivity index (χ1n) is 9.57. The quantitative estimate of drug-likeness (QED) is 0.741. The molecular formula is C20H26BrN5O. The van der Waals surface area contributed by atoms with E-state index in [1.807, 2.05) is 0 Å². The van der Waals surface area contributed by atoms with Crippen LogP contribution in [-0.4, -0.2) is 67.4 Å². The van der Waals surface area contributed by atoms with Gasteiger partial charge in [-0.3, -0.25) is 4.90 Å². The van der Waals surface area contributed by atoms with Crippen LogP contribution >= 0.6 is 15.9 Å². The second-order valence-electron chi connectivity index (χ2n) is 7.16. The van der Waals surface area contributed by atoms with E-state index in [1.165, 1.54) is 5.56 Å². The molecule has 27 heavy (non-hydrogen) atoms. The zero-order chi connectivity index (χ0) is 18.6. The average Bonchev–Trinajstić information content (AvgIpc) is 2.70. The second kappa shape index (κ2) is 8.54. The van der Waals surface area contributed by atoms with Crippen LogP contribution in [0.1, 0.15) is 11.3 Å². The maximum Gasteiger partial charge on any atom is 0.227 e. The monoisotopic (exact) mass is 431 g/mol. The van der Waals surface area contributed by atoms with Crippen molar-refractivity contribution in [2.24, 2.45) is 0 Å². The number of hydrogen-bond donors (Lipinski definition) is 0. The highest BCUT2D eigenvalue weighted by molar-refractivity contribution is 9.10. The van der Waals surface area contributed by atoms with E-state index < -0.39 is 0 Å². The van der Waals surface area contributed by atoms with Gasteiger partial charge in [-0.2, -0.15) is 4.98 Å². The van der Waals surface area contributed by atoms with Gasteiger partial charge in [-0.1, -0.05) is 28.1 Å². The number of anilines is 2. The van der Waals surface area contributed by atoms with E-state index in [-0.39, 0.29) is 0 Å². The van der Waals surface area contributed by atoms with E-state index in [2.05, 4.69) is 67.9 Å². The SMILES string of the molecule is Cc1cc(N2CCOCC2)nc(N2CCN(Cc3ccc(Br)cc3)CC2)n1. The fraction of sp³-hybridized carbons (Fsp3) is 0.500. The first-order chi connectivity index (χ1) is 13.2. The lowest BCUT2D eigenvalue weighted by molar-refractivity contribution is 0.122. The third-order valence-electron chi connectivity index (χ3n) is 5.14. The Labute approximate surface area is 169 Å². The summed E-state index contributed by atoms with van der Waals surface area (Å²) in [7, 11) is 0. The van der Waals surface area contributed by atoms with Crippen LogP contribution in [-0.2, 0) is 11.3 Å². The zero-order valence-electron chi connectivity index (χ0n) is 15.8. The van der Waals surface area contributed by atoms with E-state index in [9.17, 15) is 0 Å². The van der Waals surface area contributed by atoms with E-state index in [0.29, 0.717) is 0 Å². The summed E-state index contributed by atoms with van der Waals surface area (Å²) in [5, 5.41) is 0. The summed E-state index contributed by atoms with van der Waals surface area (Å²) >= 11 is 3.50. The molecule has 0 N–H and O–H groups in total. The molecule has 7 heteroatoms. The minimum absolute atomic E-state index is 0.771. The molecule has 6 nitrogen and oxygen atoms in total. The molecule has 2 saturated heterocycles. The van der Waals surface area contributed by atoms with Crippen molar-refractivity contribution in [3.8, 4) is 0 Å². The van der Waals surface area contributed by atoms with Crippen LogP contribution in [0, 0.1) is 6.92 Å². The van der Waals surface area contributed by atoms with Gasteiger partial charge in [-0.05, 0) is 24.6 Å². The number of hydrogen-bond acceptors (Lipinski definition) is 6. The van der Waals surface area contributed by atoms with Crippen molar-refractivity contribution < 1.29 is 4.74 Å². The number of benzene rings is 1. The Morgan fingerprint density at radius 2 is 1.63 bits per heavy atom. The zero-order valence-corrected chi connectivity index (χ0v) is 17.4. The molecule has 2 aliphatic heterocycles. The van der Waals surface area contributed by atoms with Gasteiger partial charge in [0.05, 0.1) is 13.2 Å². The average molecular weight is 432 g/mol. The summed E-state index contributed by atoms with van der Waals surface area (Å²) in [5.41, 5.74) is 2.38. The van der Waals surface area contributed by atoms with Gasteiger partial charge < -0.3 is 14.5 Å². The Bertz CT molecular complexity index is 755. The van der Waals surface area contributed by atoms with Gasteiger partial charge >= 0.3 is 0 Å². The van der Waals surface area contributed by atoms with Crippen molar-refractivity contribution in [3.63, 3.8) is 0 Å². The maximum absolute atomic E-state index is 5.46. The van der Waals surface area contributed by atoms with Crippen molar-refractivity contribution in [2.45, 2.75) is 13.5 Å². The topological polar surface area (TPSA) is 44.7 Å². The van der Waals surface area contributed by atoms with Crippen molar-refractivity contribution in [3.05, 3.63) is 46.1 Å². The predicted octanol–water partition coefficient (Wildman–Crippen LogP) is 2.71. The largest absolute Gasteiger partial charge is 0.378 e. The Hall–Kier alpha value is -1.70. The van der Waals surface area contributed by atoms with Gasteiger partial charge in [-0.25, -0.2) is 4.98 Å². The lowest BCUT2D eigenvalue weighted by Crippen LogP contribution is -2.46. The molecule has 2 aliphatic rings. The minimum Gasteiger partial charge on any atom is -0.378 e. The summed E-state index contributed by atoms with van der Waals surface area (Å²) in [6.07, 6.45) is 0. The number of piperazine rings is 1. The Balaban J connectivity index is 1.38. The van der Waals surface area contributed by atoms with Crippen molar-refractivity contribution in [1.29, 1.82) is 0 Å². The molecule has 0 radical (unpaired) electrons. The molecular weight excluding hydrogens is 406 g/mol. The highest BCUT2D eigenvalue weighted by atomic mass is 79.9. The molecule has 0 unspecified atom stereocenters. The molecule has 4 rings (SSSR count).